The molecule has 1 aromatic heterocycles. The summed E-state index contributed by atoms with van der Waals surface area (Å²) in [4.78, 5) is 14.6. The van der Waals surface area contributed by atoms with Crippen molar-refractivity contribution in [2.45, 2.75) is 13.8 Å². The number of hydrogen-bond acceptors (Lipinski definition) is 2. The Labute approximate surface area is 66.5 Å². The van der Waals surface area contributed by atoms with E-state index in [9.17, 15) is 4.79 Å². The topological polar surface area (TPSA) is 55.1 Å². The second-order valence-electron chi connectivity index (χ2n) is 2.27. The van der Waals surface area contributed by atoms with Crippen molar-refractivity contribution in [3.05, 3.63) is 17.2 Å². The summed E-state index contributed by atoms with van der Waals surface area (Å²) in [6.07, 6.45) is 0. The van der Waals surface area contributed by atoms with Crippen LogP contribution in [0.3, 0.4) is 0 Å². The van der Waals surface area contributed by atoms with E-state index >= 15 is 0 Å². The van der Waals surface area contributed by atoms with E-state index in [1.807, 2.05) is 0 Å². The monoisotopic (exact) mass is 172 g/mol. The molecule has 1 unspecified atom stereocenters. The molecule has 0 amide bonds. The van der Waals surface area contributed by atoms with E-state index in [4.69, 9.17) is 5.11 Å². The molecule has 0 saturated carbocycles. The number of nitrogens with zero attached hydrogens (tertiary/aromatic N) is 2. The van der Waals surface area contributed by atoms with Crippen LogP contribution in [0.4, 0.5) is 0 Å². The highest BCUT2D eigenvalue weighted by Gasteiger charge is 2.14. The van der Waals surface area contributed by atoms with Gasteiger partial charge in [-0.3, -0.25) is 0 Å². The number of carboxylic acid groups (broad SMARTS) is 1. The van der Waals surface area contributed by atoms with Gasteiger partial charge in [-0.1, -0.05) is 0 Å². The lowest BCUT2D eigenvalue weighted by atomic mass is 10.4. The predicted molar refractivity (Wildman–Crippen MR) is 43.8 cm³/mol. The average molecular weight is 172 g/mol. The summed E-state index contributed by atoms with van der Waals surface area (Å²) in [6, 6.07) is 0. The number of carbonyl (C=O) groups is 1. The summed E-state index contributed by atoms with van der Waals surface area (Å²) in [5, 5.41) is 8.69. The number of carboxylic acids is 1. The zero-order valence-electron chi connectivity index (χ0n) is 6.33. The number of rotatable bonds is 1. The molecule has 11 heavy (non-hydrogen) atoms. The zero-order valence-corrected chi connectivity index (χ0v) is 7.48. The number of hydrogen-bond donors (Lipinski definition) is 1. The highest BCUT2D eigenvalue weighted by molar-refractivity contribution is 7.14. The van der Waals surface area contributed by atoms with Crippen LogP contribution in [-0.2, 0) is 0 Å². The quantitative estimate of drug-likeness (QED) is 0.638. The summed E-state index contributed by atoms with van der Waals surface area (Å²) >= 11 is 0. The molecule has 0 saturated heterocycles. The Morgan fingerprint density at radius 2 is 2.18 bits per heavy atom. The number of imidazole rings is 1. The van der Waals surface area contributed by atoms with Crippen LogP contribution in [0.5, 0.6) is 0 Å². The highest BCUT2D eigenvalue weighted by Crippen LogP contribution is 2.13. The van der Waals surface area contributed by atoms with Crippen LogP contribution in [-0.4, -0.2) is 20.4 Å². The minimum Gasteiger partial charge on any atom is -0.477 e. The second-order valence-corrected chi connectivity index (χ2v) is 2.78. The van der Waals surface area contributed by atoms with Crippen molar-refractivity contribution in [3.8, 4) is 0 Å². The Bertz CT molecular complexity index is 306. The Morgan fingerprint density at radius 3 is 2.36 bits per heavy atom. The fraction of sp³-hybridized carbons (Fsp3) is 0.333. The molecular formula is C6H9N2O2P. The van der Waals surface area contributed by atoms with E-state index in [0.29, 0.717) is 11.5 Å². The first-order valence-corrected chi connectivity index (χ1v) is 3.60. The van der Waals surface area contributed by atoms with Crippen LogP contribution in [0.2, 0.25) is 0 Å². The van der Waals surface area contributed by atoms with Crippen LogP contribution in [0.25, 0.3) is 0 Å². The molecule has 0 aliphatic carbocycles. The van der Waals surface area contributed by atoms with E-state index in [2.05, 4.69) is 14.4 Å². The van der Waals surface area contributed by atoms with Crippen molar-refractivity contribution in [2.24, 2.45) is 0 Å². The van der Waals surface area contributed by atoms with Gasteiger partial charge < -0.3 is 9.44 Å². The molecule has 1 aromatic rings. The molecule has 1 atom stereocenters. The molecule has 0 spiro atoms. The molecule has 60 valence electrons. The molecule has 0 bridgehead atoms. The van der Waals surface area contributed by atoms with Gasteiger partial charge in [-0.05, 0) is 23.2 Å². The van der Waals surface area contributed by atoms with Crippen LogP contribution in [0.15, 0.2) is 0 Å². The van der Waals surface area contributed by atoms with Gasteiger partial charge in [0.25, 0.3) is 0 Å². The number of aromatic nitrogens is 2. The third-order valence-corrected chi connectivity index (χ3v) is 2.10. The number of aromatic carboxylic acids is 1. The van der Waals surface area contributed by atoms with Crippen LogP contribution in [0.1, 0.15) is 22.0 Å². The normalized spacial score (nSPS) is 10.1. The summed E-state index contributed by atoms with van der Waals surface area (Å²) in [5.74, 6) is -0.261. The third kappa shape index (κ3) is 1.26. The molecule has 0 aromatic carbocycles. The third-order valence-electron chi connectivity index (χ3n) is 1.46. The highest BCUT2D eigenvalue weighted by atomic mass is 31.0. The van der Waals surface area contributed by atoms with E-state index < -0.39 is 5.97 Å². The Kier molecular flexibility index (Phi) is 1.96. The first-order valence-electron chi connectivity index (χ1n) is 3.08. The van der Waals surface area contributed by atoms with E-state index in [1.165, 1.54) is 4.34 Å². The Balaban J connectivity index is 3.34. The fourth-order valence-electron chi connectivity index (χ4n) is 0.943. The summed E-state index contributed by atoms with van der Waals surface area (Å²) in [6.45, 7) is 3.43. The lowest BCUT2D eigenvalue weighted by molar-refractivity contribution is 0.0689. The van der Waals surface area contributed by atoms with Crippen molar-refractivity contribution < 1.29 is 9.90 Å². The first kappa shape index (κ1) is 8.21. The maximum absolute atomic E-state index is 10.6. The average Bonchev–Trinajstić information content (AvgIpc) is 2.07. The van der Waals surface area contributed by atoms with Gasteiger partial charge in [0.05, 0.1) is 5.69 Å². The fourth-order valence-corrected chi connectivity index (χ4v) is 1.30. The zero-order chi connectivity index (χ0) is 8.59. The Hall–Kier alpha value is -0.890. The molecular weight excluding hydrogens is 163 g/mol. The van der Waals surface area contributed by atoms with Crippen LogP contribution >= 0.6 is 9.39 Å². The molecule has 0 aliphatic heterocycles. The van der Waals surface area contributed by atoms with Gasteiger partial charge in [0.1, 0.15) is 5.82 Å². The van der Waals surface area contributed by atoms with E-state index in [0.717, 1.165) is 0 Å². The first-order chi connectivity index (χ1) is 5.04. The van der Waals surface area contributed by atoms with Crippen molar-refractivity contribution in [1.82, 2.24) is 9.32 Å². The predicted octanol–water partition coefficient (Wildman–Crippen LogP) is 0.836. The van der Waals surface area contributed by atoms with Gasteiger partial charge in [0, 0.05) is 0 Å². The lowest BCUT2D eigenvalue weighted by Crippen LogP contribution is -2.02. The van der Waals surface area contributed by atoms with E-state index in [-0.39, 0.29) is 5.69 Å². The van der Waals surface area contributed by atoms with Crippen LogP contribution < -0.4 is 0 Å². The largest absolute Gasteiger partial charge is 0.477 e. The molecule has 1 N–H and O–H groups in total. The van der Waals surface area contributed by atoms with Crippen molar-refractivity contribution in [1.29, 1.82) is 0 Å². The lowest BCUT2D eigenvalue weighted by Gasteiger charge is -1.96. The minimum atomic E-state index is -0.946. The van der Waals surface area contributed by atoms with Gasteiger partial charge in [-0.25, -0.2) is 9.78 Å². The maximum Gasteiger partial charge on any atom is 0.354 e. The van der Waals surface area contributed by atoms with Gasteiger partial charge >= 0.3 is 5.97 Å². The maximum atomic E-state index is 10.6. The van der Waals surface area contributed by atoms with Gasteiger partial charge in [0.2, 0.25) is 0 Å². The minimum absolute atomic E-state index is 0.229. The molecule has 1 rings (SSSR count). The molecule has 0 radical (unpaired) electrons. The van der Waals surface area contributed by atoms with E-state index in [1.54, 1.807) is 13.8 Å². The Morgan fingerprint density at radius 1 is 1.64 bits per heavy atom. The summed E-state index contributed by atoms with van der Waals surface area (Å²) in [7, 11) is 2.31. The van der Waals surface area contributed by atoms with Crippen LogP contribution in [0, 0.1) is 13.8 Å². The summed E-state index contributed by atoms with van der Waals surface area (Å²) < 4.78 is 1.48. The van der Waals surface area contributed by atoms with Crippen molar-refractivity contribution in [2.75, 3.05) is 0 Å². The standard InChI is InChI=1S/C6H9N2O2P/c1-3-5(6(9)10)8(11)4(2)7-3/h11H2,1-2H3,(H,9,10). The SMILES string of the molecule is Cc1nc(C)n(P)c1C(=O)O. The molecule has 0 fully saturated rings. The van der Waals surface area contributed by atoms with Gasteiger partial charge in [-0.15, -0.1) is 0 Å². The smallest absolute Gasteiger partial charge is 0.354 e. The number of aryl methyl sites for hydroxylation is 2. The molecule has 1 heterocycles. The second kappa shape index (κ2) is 2.62. The molecule has 5 heteroatoms. The van der Waals surface area contributed by atoms with Gasteiger partial charge in [-0.2, -0.15) is 0 Å². The summed E-state index contributed by atoms with van der Waals surface area (Å²) in [5.41, 5.74) is 0.775. The molecule has 4 nitrogen and oxygen atoms in total. The van der Waals surface area contributed by atoms with Crippen molar-refractivity contribution >= 4 is 15.4 Å². The van der Waals surface area contributed by atoms with Crippen molar-refractivity contribution in [3.63, 3.8) is 0 Å². The molecule has 0 aliphatic rings. The van der Waals surface area contributed by atoms with Gasteiger partial charge in [0.15, 0.2) is 5.69 Å².